The van der Waals surface area contributed by atoms with Crippen molar-refractivity contribution in [2.45, 2.75) is 6.42 Å². The van der Waals surface area contributed by atoms with Crippen LogP contribution in [0.1, 0.15) is 5.69 Å². The molecule has 0 bridgehead atoms. The Bertz CT molecular complexity index is 704. The van der Waals surface area contributed by atoms with Gasteiger partial charge in [0, 0.05) is 36.3 Å². The van der Waals surface area contributed by atoms with Crippen LogP contribution >= 0.6 is 11.3 Å². The molecule has 0 aliphatic carbocycles. The molecule has 21 heavy (non-hydrogen) atoms. The molecule has 0 aliphatic heterocycles. The van der Waals surface area contributed by atoms with Gasteiger partial charge in [-0.15, -0.1) is 11.3 Å². The van der Waals surface area contributed by atoms with E-state index in [1.54, 1.807) is 23.7 Å². The van der Waals surface area contributed by atoms with Crippen LogP contribution in [-0.4, -0.2) is 22.1 Å². The summed E-state index contributed by atoms with van der Waals surface area (Å²) in [5.41, 5.74) is 2.14. The zero-order valence-electron chi connectivity index (χ0n) is 11.4. The summed E-state index contributed by atoms with van der Waals surface area (Å²) in [4.78, 5) is 16.4. The van der Waals surface area contributed by atoms with E-state index < -0.39 is 0 Å². The van der Waals surface area contributed by atoms with E-state index in [4.69, 9.17) is 0 Å². The molecular formula is C16H15N3OS. The standard InChI is InChI=1S/C16H15N3OS/c20-16(19-10-4-5-11-19)17-9-8-14-12-21-15(18-14)13-6-2-1-3-7-13/h1-7,10-12H,8-9H2,(H,17,20). The molecule has 0 aliphatic rings. The van der Waals surface area contributed by atoms with Crippen molar-refractivity contribution in [3.05, 3.63) is 65.9 Å². The highest BCUT2D eigenvalue weighted by atomic mass is 32.1. The molecule has 0 spiro atoms. The number of aromatic nitrogens is 2. The molecule has 0 saturated heterocycles. The average molecular weight is 297 g/mol. The Hall–Kier alpha value is -2.40. The summed E-state index contributed by atoms with van der Waals surface area (Å²) in [7, 11) is 0. The second-order valence-electron chi connectivity index (χ2n) is 4.58. The van der Waals surface area contributed by atoms with Gasteiger partial charge in [-0.25, -0.2) is 9.78 Å². The molecule has 3 aromatic rings. The van der Waals surface area contributed by atoms with Crippen molar-refractivity contribution in [2.24, 2.45) is 0 Å². The molecule has 106 valence electrons. The monoisotopic (exact) mass is 297 g/mol. The van der Waals surface area contributed by atoms with Crippen molar-refractivity contribution in [3.63, 3.8) is 0 Å². The number of rotatable bonds is 4. The fourth-order valence-electron chi connectivity index (χ4n) is 1.99. The lowest BCUT2D eigenvalue weighted by Gasteiger charge is -2.04. The van der Waals surface area contributed by atoms with E-state index in [0.29, 0.717) is 6.54 Å². The quantitative estimate of drug-likeness (QED) is 0.802. The largest absolute Gasteiger partial charge is 0.337 e. The van der Waals surface area contributed by atoms with Crippen LogP contribution in [0.25, 0.3) is 10.6 Å². The summed E-state index contributed by atoms with van der Waals surface area (Å²) in [5, 5.41) is 5.93. The fraction of sp³-hybridized carbons (Fsp3) is 0.125. The number of carbonyl (C=O) groups is 1. The molecule has 0 unspecified atom stereocenters. The minimum Gasteiger partial charge on any atom is -0.337 e. The minimum absolute atomic E-state index is 0.112. The first-order chi connectivity index (χ1) is 10.3. The van der Waals surface area contributed by atoms with Crippen molar-refractivity contribution < 1.29 is 4.79 Å². The van der Waals surface area contributed by atoms with Crippen LogP contribution in [0.3, 0.4) is 0 Å². The molecule has 0 radical (unpaired) electrons. The van der Waals surface area contributed by atoms with E-state index in [9.17, 15) is 4.79 Å². The maximum absolute atomic E-state index is 11.8. The third-order valence-corrected chi connectivity index (χ3v) is 4.01. The van der Waals surface area contributed by atoms with Gasteiger partial charge in [-0.05, 0) is 12.1 Å². The molecule has 2 heterocycles. The summed E-state index contributed by atoms with van der Waals surface area (Å²) in [5.74, 6) is 0. The van der Waals surface area contributed by atoms with Crippen LogP contribution in [0.4, 0.5) is 4.79 Å². The fourth-order valence-corrected chi connectivity index (χ4v) is 2.85. The van der Waals surface area contributed by atoms with Gasteiger partial charge in [-0.2, -0.15) is 0 Å². The highest BCUT2D eigenvalue weighted by molar-refractivity contribution is 7.13. The first kappa shape index (κ1) is 13.6. The van der Waals surface area contributed by atoms with Gasteiger partial charge in [0.1, 0.15) is 5.01 Å². The molecule has 1 aromatic carbocycles. The topological polar surface area (TPSA) is 46.9 Å². The van der Waals surface area contributed by atoms with Gasteiger partial charge < -0.3 is 5.32 Å². The Balaban J connectivity index is 1.55. The van der Waals surface area contributed by atoms with Crippen LogP contribution in [-0.2, 0) is 6.42 Å². The van der Waals surface area contributed by atoms with Crippen LogP contribution in [0.2, 0.25) is 0 Å². The molecule has 5 heteroatoms. The summed E-state index contributed by atoms with van der Waals surface area (Å²) in [6.45, 7) is 0.578. The van der Waals surface area contributed by atoms with Crippen molar-refractivity contribution in [2.75, 3.05) is 6.54 Å². The first-order valence-electron chi connectivity index (χ1n) is 6.74. The van der Waals surface area contributed by atoms with E-state index in [2.05, 4.69) is 22.4 Å². The number of hydrogen-bond donors (Lipinski definition) is 1. The molecule has 0 atom stereocenters. The third-order valence-electron chi connectivity index (χ3n) is 3.07. The molecular weight excluding hydrogens is 282 g/mol. The SMILES string of the molecule is O=C(NCCc1csc(-c2ccccc2)n1)n1cccc1. The number of nitrogens with one attached hydrogen (secondary N) is 1. The summed E-state index contributed by atoms with van der Waals surface area (Å²) < 4.78 is 1.52. The van der Waals surface area contributed by atoms with Gasteiger partial charge in [0.15, 0.2) is 0 Å². The molecule has 0 fully saturated rings. The minimum atomic E-state index is -0.112. The third kappa shape index (κ3) is 3.38. The highest BCUT2D eigenvalue weighted by Crippen LogP contribution is 2.23. The Kier molecular flexibility index (Phi) is 4.12. The predicted octanol–water partition coefficient (Wildman–Crippen LogP) is 3.41. The summed E-state index contributed by atoms with van der Waals surface area (Å²) in [6.07, 6.45) is 4.19. The lowest BCUT2D eigenvalue weighted by molar-refractivity contribution is 0.242. The molecule has 3 rings (SSSR count). The molecule has 1 amide bonds. The van der Waals surface area contributed by atoms with Crippen molar-refractivity contribution >= 4 is 17.4 Å². The maximum atomic E-state index is 11.8. The number of benzene rings is 1. The van der Waals surface area contributed by atoms with Crippen molar-refractivity contribution in [1.29, 1.82) is 0 Å². The Morgan fingerprint density at radius 2 is 1.90 bits per heavy atom. The van der Waals surface area contributed by atoms with Crippen LogP contribution in [0.15, 0.2) is 60.2 Å². The zero-order valence-corrected chi connectivity index (χ0v) is 12.2. The van der Waals surface area contributed by atoms with E-state index in [0.717, 1.165) is 22.7 Å². The number of hydrogen-bond acceptors (Lipinski definition) is 3. The maximum Gasteiger partial charge on any atom is 0.325 e. The van der Waals surface area contributed by atoms with E-state index >= 15 is 0 Å². The van der Waals surface area contributed by atoms with Crippen molar-refractivity contribution in [1.82, 2.24) is 14.9 Å². The number of thiazole rings is 1. The lowest BCUT2D eigenvalue weighted by atomic mass is 10.2. The lowest BCUT2D eigenvalue weighted by Crippen LogP contribution is -2.29. The predicted molar refractivity (Wildman–Crippen MR) is 84.5 cm³/mol. The normalized spacial score (nSPS) is 10.5. The van der Waals surface area contributed by atoms with E-state index in [1.165, 1.54) is 4.57 Å². The summed E-state index contributed by atoms with van der Waals surface area (Å²) in [6, 6.07) is 13.7. The van der Waals surface area contributed by atoms with Crippen LogP contribution in [0.5, 0.6) is 0 Å². The number of nitrogens with zero attached hydrogens (tertiary/aromatic N) is 2. The Morgan fingerprint density at radius 3 is 2.67 bits per heavy atom. The first-order valence-corrected chi connectivity index (χ1v) is 7.62. The zero-order chi connectivity index (χ0) is 14.5. The molecule has 4 nitrogen and oxygen atoms in total. The number of amides is 1. The van der Waals surface area contributed by atoms with Crippen LogP contribution < -0.4 is 5.32 Å². The highest BCUT2D eigenvalue weighted by Gasteiger charge is 2.05. The Labute approximate surface area is 127 Å². The van der Waals surface area contributed by atoms with Gasteiger partial charge in [0.2, 0.25) is 0 Å². The van der Waals surface area contributed by atoms with Crippen LogP contribution in [0, 0.1) is 0 Å². The van der Waals surface area contributed by atoms with Crippen molar-refractivity contribution in [3.8, 4) is 10.6 Å². The second kappa shape index (κ2) is 6.37. The van der Waals surface area contributed by atoms with Gasteiger partial charge >= 0.3 is 6.03 Å². The smallest absolute Gasteiger partial charge is 0.325 e. The molecule has 0 saturated carbocycles. The second-order valence-corrected chi connectivity index (χ2v) is 5.44. The number of carbonyl (C=O) groups excluding carboxylic acids is 1. The molecule has 1 N–H and O–H groups in total. The van der Waals surface area contributed by atoms with Gasteiger partial charge in [0.05, 0.1) is 5.69 Å². The van der Waals surface area contributed by atoms with E-state index in [1.807, 2.05) is 35.7 Å². The Morgan fingerprint density at radius 1 is 1.14 bits per heavy atom. The van der Waals surface area contributed by atoms with Gasteiger partial charge in [0.25, 0.3) is 0 Å². The van der Waals surface area contributed by atoms with Gasteiger partial charge in [-0.3, -0.25) is 4.57 Å². The average Bonchev–Trinajstić information content (AvgIpc) is 3.20. The molecule has 2 aromatic heterocycles. The van der Waals surface area contributed by atoms with Gasteiger partial charge in [-0.1, -0.05) is 30.3 Å². The van der Waals surface area contributed by atoms with E-state index in [-0.39, 0.29) is 6.03 Å². The summed E-state index contributed by atoms with van der Waals surface area (Å²) >= 11 is 1.63.